The molecule has 1 heterocycles. The molecule has 2 rings (SSSR count). The molecule has 0 unspecified atom stereocenters. The van der Waals surface area contributed by atoms with E-state index in [9.17, 15) is 0 Å². The van der Waals surface area contributed by atoms with Crippen LogP contribution in [0.1, 0.15) is 13.3 Å². The van der Waals surface area contributed by atoms with E-state index < -0.39 is 0 Å². The molecular weight excluding hydrogens is 212 g/mol. The summed E-state index contributed by atoms with van der Waals surface area (Å²) >= 11 is 3.54. The van der Waals surface area contributed by atoms with Crippen molar-refractivity contribution in [3.05, 3.63) is 18.2 Å². The molecule has 0 aliphatic rings. The van der Waals surface area contributed by atoms with Crippen molar-refractivity contribution in [2.75, 3.05) is 11.5 Å². The summed E-state index contributed by atoms with van der Waals surface area (Å²) in [5.41, 5.74) is 7.58. The number of nitrogens with zero attached hydrogens (tertiary/aromatic N) is 1. The Balaban J connectivity index is 2.32. The standard InChI is InChI=1S/C10H12N2S2/c1-2-5-13-10-12-8-4-3-7(11)6-9(8)14-10/h3-4,6H,2,5,11H2,1H3. The van der Waals surface area contributed by atoms with Crippen LogP contribution in [0.2, 0.25) is 0 Å². The molecule has 0 amide bonds. The van der Waals surface area contributed by atoms with Crippen LogP contribution in [0.3, 0.4) is 0 Å². The van der Waals surface area contributed by atoms with Crippen LogP contribution >= 0.6 is 23.1 Å². The maximum Gasteiger partial charge on any atom is 0.151 e. The second kappa shape index (κ2) is 4.19. The van der Waals surface area contributed by atoms with Crippen molar-refractivity contribution < 1.29 is 0 Å². The summed E-state index contributed by atoms with van der Waals surface area (Å²) in [4.78, 5) is 4.52. The smallest absolute Gasteiger partial charge is 0.151 e. The summed E-state index contributed by atoms with van der Waals surface area (Å²) in [5.74, 6) is 1.13. The third-order valence-corrected chi connectivity index (χ3v) is 4.19. The lowest BCUT2D eigenvalue weighted by Crippen LogP contribution is -1.81. The van der Waals surface area contributed by atoms with Crippen LogP contribution in [-0.4, -0.2) is 10.7 Å². The minimum absolute atomic E-state index is 0.813. The highest BCUT2D eigenvalue weighted by molar-refractivity contribution is 8.01. The van der Waals surface area contributed by atoms with Gasteiger partial charge in [0.1, 0.15) is 0 Å². The Labute approximate surface area is 91.5 Å². The SMILES string of the molecule is CCCSc1nc2ccc(N)cc2s1. The van der Waals surface area contributed by atoms with Crippen molar-refractivity contribution in [2.24, 2.45) is 0 Å². The normalized spacial score (nSPS) is 10.9. The Bertz CT molecular complexity index is 437. The lowest BCUT2D eigenvalue weighted by atomic mass is 10.3. The van der Waals surface area contributed by atoms with Crippen molar-refractivity contribution in [3.63, 3.8) is 0 Å². The van der Waals surface area contributed by atoms with Crippen LogP contribution in [0.25, 0.3) is 10.2 Å². The van der Waals surface area contributed by atoms with Gasteiger partial charge in [0.25, 0.3) is 0 Å². The highest BCUT2D eigenvalue weighted by atomic mass is 32.2. The van der Waals surface area contributed by atoms with Crippen molar-refractivity contribution in [3.8, 4) is 0 Å². The average molecular weight is 224 g/mol. The molecule has 2 N–H and O–H groups in total. The van der Waals surface area contributed by atoms with Crippen LogP contribution in [0.5, 0.6) is 0 Å². The van der Waals surface area contributed by atoms with Gasteiger partial charge in [-0.3, -0.25) is 0 Å². The van der Waals surface area contributed by atoms with Crippen molar-refractivity contribution in [1.29, 1.82) is 0 Å². The van der Waals surface area contributed by atoms with Crippen molar-refractivity contribution in [2.45, 2.75) is 17.7 Å². The Morgan fingerprint density at radius 2 is 2.36 bits per heavy atom. The van der Waals surface area contributed by atoms with Gasteiger partial charge in [0, 0.05) is 11.4 Å². The Morgan fingerprint density at radius 3 is 3.14 bits per heavy atom. The molecule has 4 heteroatoms. The molecule has 0 bridgehead atoms. The van der Waals surface area contributed by atoms with E-state index in [-0.39, 0.29) is 0 Å². The third kappa shape index (κ3) is 2.01. The lowest BCUT2D eigenvalue weighted by molar-refractivity contribution is 1.10. The number of nitrogen functional groups attached to an aromatic ring is 1. The van der Waals surface area contributed by atoms with Crippen LogP contribution in [0, 0.1) is 0 Å². The van der Waals surface area contributed by atoms with Gasteiger partial charge in [0.15, 0.2) is 4.34 Å². The molecular formula is C10H12N2S2. The van der Waals surface area contributed by atoms with Gasteiger partial charge < -0.3 is 5.73 Å². The lowest BCUT2D eigenvalue weighted by Gasteiger charge is -1.89. The van der Waals surface area contributed by atoms with E-state index in [0.717, 1.165) is 21.3 Å². The monoisotopic (exact) mass is 224 g/mol. The number of hydrogen-bond donors (Lipinski definition) is 1. The minimum Gasteiger partial charge on any atom is -0.399 e. The number of benzene rings is 1. The van der Waals surface area contributed by atoms with Crippen LogP contribution < -0.4 is 5.73 Å². The number of hydrogen-bond acceptors (Lipinski definition) is 4. The van der Waals surface area contributed by atoms with Gasteiger partial charge in [-0.25, -0.2) is 4.98 Å². The molecule has 0 atom stereocenters. The predicted octanol–water partition coefficient (Wildman–Crippen LogP) is 3.38. The number of nitrogens with two attached hydrogens (primary N) is 1. The largest absolute Gasteiger partial charge is 0.399 e. The van der Waals surface area contributed by atoms with Crippen LogP contribution in [0.4, 0.5) is 5.69 Å². The molecule has 1 aromatic heterocycles. The van der Waals surface area contributed by atoms with E-state index in [1.165, 1.54) is 11.1 Å². The van der Waals surface area contributed by atoms with Gasteiger partial charge in [-0.1, -0.05) is 18.7 Å². The fourth-order valence-corrected chi connectivity index (χ4v) is 3.21. The first-order valence-electron chi connectivity index (χ1n) is 4.58. The maximum atomic E-state index is 5.71. The number of thioether (sulfide) groups is 1. The van der Waals surface area contributed by atoms with E-state index in [2.05, 4.69) is 11.9 Å². The second-order valence-electron chi connectivity index (χ2n) is 3.06. The van der Waals surface area contributed by atoms with Gasteiger partial charge in [-0.15, -0.1) is 11.3 Å². The quantitative estimate of drug-likeness (QED) is 0.641. The van der Waals surface area contributed by atoms with Gasteiger partial charge in [0.2, 0.25) is 0 Å². The topological polar surface area (TPSA) is 38.9 Å². The zero-order chi connectivity index (χ0) is 9.97. The van der Waals surface area contributed by atoms with Gasteiger partial charge in [-0.2, -0.15) is 0 Å². The number of anilines is 1. The van der Waals surface area contributed by atoms with Crippen LogP contribution in [-0.2, 0) is 0 Å². The summed E-state index contributed by atoms with van der Waals surface area (Å²) in [6.45, 7) is 2.18. The first kappa shape index (κ1) is 9.80. The summed E-state index contributed by atoms with van der Waals surface area (Å²) in [7, 11) is 0. The Morgan fingerprint density at radius 1 is 1.50 bits per heavy atom. The van der Waals surface area contributed by atoms with Gasteiger partial charge >= 0.3 is 0 Å². The van der Waals surface area contributed by atoms with E-state index in [1.807, 2.05) is 30.0 Å². The highest BCUT2D eigenvalue weighted by Gasteiger charge is 2.03. The van der Waals surface area contributed by atoms with Gasteiger partial charge in [-0.05, 0) is 24.6 Å². The average Bonchev–Trinajstić information content (AvgIpc) is 2.56. The molecule has 74 valence electrons. The number of rotatable bonds is 3. The minimum atomic E-state index is 0.813. The molecule has 0 aliphatic heterocycles. The first-order valence-corrected chi connectivity index (χ1v) is 6.38. The molecule has 0 radical (unpaired) electrons. The molecule has 1 aromatic carbocycles. The van der Waals surface area contributed by atoms with Crippen LogP contribution in [0.15, 0.2) is 22.5 Å². The Hall–Kier alpha value is -0.740. The number of fused-ring (bicyclic) bond motifs is 1. The maximum absolute atomic E-state index is 5.71. The first-order chi connectivity index (χ1) is 6.79. The van der Waals surface area contributed by atoms with E-state index >= 15 is 0 Å². The molecule has 14 heavy (non-hydrogen) atoms. The fraction of sp³-hybridized carbons (Fsp3) is 0.300. The molecule has 0 fully saturated rings. The second-order valence-corrected chi connectivity index (χ2v) is 5.43. The molecule has 2 nitrogen and oxygen atoms in total. The third-order valence-electron chi connectivity index (χ3n) is 1.82. The molecule has 0 saturated carbocycles. The molecule has 0 spiro atoms. The van der Waals surface area contributed by atoms with Crippen molar-refractivity contribution >= 4 is 39.0 Å². The fourth-order valence-electron chi connectivity index (χ4n) is 1.17. The number of aromatic nitrogens is 1. The molecule has 0 aliphatic carbocycles. The number of thiazole rings is 1. The van der Waals surface area contributed by atoms with E-state index in [1.54, 1.807) is 11.3 Å². The summed E-state index contributed by atoms with van der Waals surface area (Å²) < 4.78 is 2.33. The zero-order valence-electron chi connectivity index (χ0n) is 7.99. The summed E-state index contributed by atoms with van der Waals surface area (Å²) in [5, 5.41) is 0. The van der Waals surface area contributed by atoms with Gasteiger partial charge in [0.05, 0.1) is 10.2 Å². The molecule has 2 aromatic rings. The highest BCUT2D eigenvalue weighted by Crippen LogP contribution is 2.30. The molecule has 0 saturated heterocycles. The van der Waals surface area contributed by atoms with Crippen molar-refractivity contribution in [1.82, 2.24) is 4.98 Å². The Kier molecular flexibility index (Phi) is 2.93. The zero-order valence-corrected chi connectivity index (χ0v) is 9.62. The van der Waals surface area contributed by atoms with E-state index in [0.29, 0.717) is 0 Å². The predicted molar refractivity (Wildman–Crippen MR) is 65.0 cm³/mol. The summed E-state index contributed by atoms with van der Waals surface area (Å²) in [6.07, 6.45) is 1.18. The van der Waals surface area contributed by atoms with E-state index in [4.69, 9.17) is 5.73 Å². The summed E-state index contributed by atoms with van der Waals surface area (Å²) in [6, 6.07) is 5.87.